The van der Waals surface area contributed by atoms with Crippen molar-refractivity contribution >= 4 is 40.3 Å². The Balaban J connectivity index is 1.78. The molecule has 0 aliphatic heterocycles. The molecule has 0 fully saturated rings. The third-order valence-electron chi connectivity index (χ3n) is 3.62. The molecule has 0 saturated carbocycles. The molecular weight excluding hydrogens is 356 g/mol. The van der Waals surface area contributed by atoms with Gasteiger partial charge in [-0.3, -0.25) is 4.79 Å². The number of aromatic amines is 1. The minimum absolute atomic E-state index is 0.0548. The predicted octanol–water partition coefficient (Wildman–Crippen LogP) is 5.03. The van der Waals surface area contributed by atoms with E-state index in [4.69, 9.17) is 0 Å². The molecule has 4 nitrogen and oxygen atoms in total. The monoisotopic (exact) mass is 369 g/mol. The number of halogens is 2. The second-order valence-corrected chi connectivity index (χ2v) is 6.38. The molecule has 1 amide bonds. The lowest BCUT2D eigenvalue weighted by atomic mass is 10.1. The molecule has 0 radical (unpaired) electrons. The molecule has 2 N–H and O–H groups in total. The van der Waals surface area contributed by atoms with Crippen LogP contribution in [-0.4, -0.2) is 16.6 Å². The summed E-state index contributed by atoms with van der Waals surface area (Å²) in [6.45, 7) is 0. The second-order valence-electron chi connectivity index (χ2n) is 5.32. The Bertz CT molecular complexity index is 1000. The number of fused-ring (bicyclic) bond motifs is 1. The van der Waals surface area contributed by atoms with Crippen molar-refractivity contribution in [3.8, 4) is 6.07 Å². The van der Waals surface area contributed by atoms with Crippen molar-refractivity contribution in [3.63, 3.8) is 0 Å². The number of alkyl halides is 2. The number of H-pyrrole nitrogens is 1. The first-order valence-electron chi connectivity index (χ1n) is 7.61. The van der Waals surface area contributed by atoms with E-state index in [0.717, 1.165) is 16.5 Å². The van der Waals surface area contributed by atoms with E-state index < -0.39 is 11.7 Å². The fourth-order valence-corrected chi connectivity index (χ4v) is 2.93. The summed E-state index contributed by atoms with van der Waals surface area (Å²) in [5.74, 6) is -3.06. The molecule has 130 valence electrons. The topological polar surface area (TPSA) is 68.7 Å². The van der Waals surface area contributed by atoms with Crippen molar-refractivity contribution in [2.24, 2.45) is 0 Å². The fourth-order valence-electron chi connectivity index (χ4n) is 2.44. The number of anilines is 1. The second kappa shape index (κ2) is 7.85. The summed E-state index contributed by atoms with van der Waals surface area (Å²) in [6, 6.07) is 15.5. The standard InChI is InChI=1S/C19H13F2N3OS/c20-19(21)26-15-7-5-14(6-8-15)24-18(25)12(10-22)9-13-11-23-17-4-2-1-3-16(13)17/h1-9,11,19,23H,(H,24,25)/b12-9+. The molecule has 0 aliphatic rings. The number of nitriles is 1. The van der Waals surface area contributed by atoms with E-state index in [1.54, 1.807) is 6.20 Å². The van der Waals surface area contributed by atoms with Gasteiger partial charge in [0.05, 0.1) is 0 Å². The Morgan fingerprint density at radius 2 is 1.92 bits per heavy atom. The van der Waals surface area contributed by atoms with E-state index in [-0.39, 0.29) is 5.57 Å². The van der Waals surface area contributed by atoms with E-state index in [1.807, 2.05) is 30.3 Å². The van der Waals surface area contributed by atoms with Crippen LogP contribution in [0.2, 0.25) is 0 Å². The molecule has 3 rings (SSSR count). The summed E-state index contributed by atoms with van der Waals surface area (Å²) >= 11 is 0.427. The van der Waals surface area contributed by atoms with Gasteiger partial charge in [-0.2, -0.15) is 14.0 Å². The molecule has 1 heterocycles. The number of aromatic nitrogens is 1. The van der Waals surface area contributed by atoms with Crippen LogP contribution in [0.1, 0.15) is 5.56 Å². The van der Waals surface area contributed by atoms with Crippen molar-refractivity contribution in [3.05, 3.63) is 65.9 Å². The molecule has 0 aliphatic carbocycles. The van der Waals surface area contributed by atoms with Crippen LogP contribution in [0, 0.1) is 11.3 Å². The molecule has 0 atom stereocenters. The van der Waals surface area contributed by atoms with Crippen molar-refractivity contribution in [1.29, 1.82) is 5.26 Å². The van der Waals surface area contributed by atoms with E-state index in [9.17, 15) is 18.8 Å². The van der Waals surface area contributed by atoms with Gasteiger partial charge >= 0.3 is 0 Å². The Morgan fingerprint density at radius 3 is 2.62 bits per heavy atom. The highest BCUT2D eigenvalue weighted by Gasteiger charge is 2.12. The molecular formula is C19H13F2N3OS. The third-order valence-corrected chi connectivity index (χ3v) is 4.35. The number of carbonyl (C=O) groups is 1. The smallest absolute Gasteiger partial charge is 0.288 e. The number of thioether (sulfide) groups is 1. The van der Waals surface area contributed by atoms with Crippen LogP contribution < -0.4 is 5.32 Å². The normalized spacial score (nSPS) is 11.5. The third kappa shape index (κ3) is 4.10. The van der Waals surface area contributed by atoms with Crippen LogP contribution >= 0.6 is 11.8 Å². The van der Waals surface area contributed by atoms with E-state index in [0.29, 0.717) is 22.3 Å². The molecule has 2 aromatic carbocycles. The van der Waals surface area contributed by atoms with Crippen LogP contribution in [0.15, 0.2) is 65.2 Å². The molecule has 1 aromatic heterocycles. The summed E-state index contributed by atoms with van der Waals surface area (Å²) in [6.07, 6.45) is 3.24. The predicted molar refractivity (Wildman–Crippen MR) is 98.8 cm³/mol. The number of amides is 1. The molecule has 7 heteroatoms. The molecule has 0 spiro atoms. The number of nitrogens with zero attached hydrogens (tertiary/aromatic N) is 1. The average Bonchev–Trinajstić information content (AvgIpc) is 3.04. The zero-order valence-corrected chi connectivity index (χ0v) is 14.2. The highest BCUT2D eigenvalue weighted by Crippen LogP contribution is 2.26. The first kappa shape index (κ1) is 17.7. The molecule has 26 heavy (non-hydrogen) atoms. The Labute approximate surface area is 152 Å². The molecule has 0 unspecified atom stereocenters. The number of para-hydroxylation sites is 1. The van der Waals surface area contributed by atoms with Gasteiger partial charge in [0.2, 0.25) is 0 Å². The maximum absolute atomic E-state index is 12.3. The number of benzene rings is 2. The Morgan fingerprint density at radius 1 is 1.19 bits per heavy atom. The summed E-state index contributed by atoms with van der Waals surface area (Å²) < 4.78 is 24.6. The highest BCUT2D eigenvalue weighted by atomic mass is 32.2. The molecule has 3 aromatic rings. The maximum Gasteiger partial charge on any atom is 0.288 e. The summed E-state index contributed by atoms with van der Waals surface area (Å²) in [5, 5.41) is 12.8. The number of nitrogens with one attached hydrogen (secondary N) is 2. The van der Waals surface area contributed by atoms with Gasteiger partial charge < -0.3 is 10.3 Å². The quantitative estimate of drug-likeness (QED) is 0.377. The van der Waals surface area contributed by atoms with Gasteiger partial charge in [0.15, 0.2) is 0 Å². The first-order chi connectivity index (χ1) is 12.6. The number of carbonyl (C=O) groups excluding carboxylic acids is 1. The van der Waals surface area contributed by atoms with Gasteiger partial charge in [0, 0.05) is 33.2 Å². The van der Waals surface area contributed by atoms with Crippen molar-refractivity contribution in [2.75, 3.05) is 5.32 Å². The lowest BCUT2D eigenvalue weighted by Crippen LogP contribution is -2.13. The fraction of sp³-hybridized carbons (Fsp3) is 0.0526. The van der Waals surface area contributed by atoms with Crippen LogP contribution in [0.3, 0.4) is 0 Å². The lowest BCUT2D eigenvalue weighted by Gasteiger charge is -2.05. The van der Waals surface area contributed by atoms with E-state index in [2.05, 4.69) is 10.3 Å². The Hall–Kier alpha value is -3.11. The minimum Gasteiger partial charge on any atom is -0.361 e. The summed E-state index contributed by atoms with van der Waals surface area (Å²) in [5.41, 5.74) is 2.01. The zero-order valence-electron chi connectivity index (χ0n) is 13.4. The molecule has 0 saturated heterocycles. The number of hydrogen-bond donors (Lipinski definition) is 2. The summed E-state index contributed by atoms with van der Waals surface area (Å²) in [7, 11) is 0. The Kier molecular flexibility index (Phi) is 5.34. The first-order valence-corrected chi connectivity index (χ1v) is 8.49. The van der Waals surface area contributed by atoms with Crippen LogP contribution in [0.5, 0.6) is 0 Å². The maximum atomic E-state index is 12.3. The van der Waals surface area contributed by atoms with Crippen LogP contribution in [0.4, 0.5) is 14.5 Å². The van der Waals surface area contributed by atoms with Gasteiger partial charge in [0.25, 0.3) is 11.7 Å². The minimum atomic E-state index is -2.50. The highest BCUT2D eigenvalue weighted by molar-refractivity contribution is 7.99. The van der Waals surface area contributed by atoms with E-state index in [1.165, 1.54) is 30.3 Å². The van der Waals surface area contributed by atoms with E-state index >= 15 is 0 Å². The van der Waals surface area contributed by atoms with Crippen LogP contribution in [-0.2, 0) is 4.79 Å². The summed E-state index contributed by atoms with van der Waals surface area (Å²) in [4.78, 5) is 15.8. The van der Waals surface area contributed by atoms with Gasteiger partial charge in [-0.15, -0.1) is 0 Å². The van der Waals surface area contributed by atoms with Crippen molar-refractivity contribution in [2.45, 2.75) is 10.7 Å². The lowest BCUT2D eigenvalue weighted by molar-refractivity contribution is -0.112. The van der Waals surface area contributed by atoms with Gasteiger partial charge in [-0.1, -0.05) is 30.0 Å². The molecule has 0 bridgehead atoms. The van der Waals surface area contributed by atoms with Crippen molar-refractivity contribution < 1.29 is 13.6 Å². The van der Waals surface area contributed by atoms with Crippen molar-refractivity contribution in [1.82, 2.24) is 4.98 Å². The number of rotatable bonds is 5. The zero-order chi connectivity index (χ0) is 18.5. The average molecular weight is 369 g/mol. The number of hydrogen-bond acceptors (Lipinski definition) is 3. The van der Waals surface area contributed by atoms with Gasteiger partial charge in [-0.25, -0.2) is 0 Å². The largest absolute Gasteiger partial charge is 0.361 e. The van der Waals surface area contributed by atoms with Gasteiger partial charge in [-0.05, 0) is 36.4 Å². The van der Waals surface area contributed by atoms with Crippen LogP contribution in [0.25, 0.3) is 17.0 Å². The van der Waals surface area contributed by atoms with Gasteiger partial charge in [0.1, 0.15) is 11.6 Å². The SMILES string of the molecule is N#C/C(=C\c1c[nH]c2ccccc12)C(=O)Nc1ccc(SC(F)F)cc1.